The fourth-order valence-corrected chi connectivity index (χ4v) is 2.29. The SMILES string of the molecule is CCN1CCCC1CNC(C)CC(=O)OC. The molecule has 0 spiro atoms. The highest BCUT2D eigenvalue weighted by Crippen LogP contribution is 2.15. The third-order valence-corrected chi connectivity index (χ3v) is 3.31. The Hall–Kier alpha value is -0.610. The number of carbonyl (C=O) groups excluding carboxylic acids is 1. The molecule has 1 fully saturated rings. The predicted octanol–water partition coefficient (Wildman–Crippen LogP) is 1.01. The van der Waals surface area contributed by atoms with Crippen LogP contribution in [0.2, 0.25) is 0 Å². The quantitative estimate of drug-likeness (QED) is 0.689. The first-order chi connectivity index (χ1) is 7.67. The third-order valence-electron chi connectivity index (χ3n) is 3.31. The molecule has 0 aliphatic carbocycles. The van der Waals surface area contributed by atoms with E-state index in [1.54, 1.807) is 0 Å². The number of carbonyl (C=O) groups is 1. The van der Waals surface area contributed by atoms with E-state index in [0.717, 1.165) is 13.1 Å². The lowest BCUT2D eigenvalue weighted by atomic mass is 10.2. The van der Waals surface area contributed by atoms with E-state index < -0.39 is 0 Å². The zero-order valence-corrected chi connectivity index (χ0v) is 10.7. The molecule has 2 unspecified atom stereocenters. The Morgan fingerprint density at radius 1 is 1.62 bits per heavy atom. The van der Waals surface area contributed by atoms with Crippen molar-refractivity contribution in [2.45, 2.75) is 45.2 Å². The van der Waals surface area contributed by atoms with Crippen LogP contribution in [-0.2, 0) is 9.53 Å². The molecule has 4 nitrogen and oxygen atoms in total. The topological polar surface area (TPSA) is 41.6 Å². The molecule has 1 saturated heterocycles. The third kappa shape index (κ3) is 4.10. The Balaban J connectivity index is 2.20. The van der Waals surface area contributed by atoms with Crippen LogP contribution in [-0.4, -0.2) is 49.7 Å². The fourth-order valence-electron chi connectivity index (χ4n) is 2.29. The van der Waals surface area contributed by atoms with E-state index in [4.69, 9.17) is 0 Å². The number of nitrogens with one attached hydrogen (secondary N) is 1. The second-order valence-corrected chi connectivity index (χ2v) is 4.51. The molecule has 1 aliphatic rings. The predicted molar refractivity (Wildman–Crippen MR) is 64.4 cm³/mol. The highest BCUT2D eigenvalue weighted by Gasteiger charge is 2.23. The first-order valence-electron chi connectivity index (χ1n) is 6.21. The van der Waals surface area contributed by atoms with Crippen molar-refractivity contribution < 1.29 is 9.53 Å². The maximum Gasteiger partial charge on any atom is 0.307 e. The molecule has 0 amide bonds. The van der Waals surface area contributed by atoms with Crippen molar-refractivity contribution in [2.24, 2.45) is 0 Å². The van der Waals surface area contributed by atoms with E-state index >= 15 is 0 Å². The van der Waals surface area contributed by atoms with Crippen molar-refractivity contribution in [1.29, 1.82) is 0 Å². The summed E-state index contributed by atoms with van der Waals surface area (Å²) in [5.41, 5.74) is 0. The van der Waals surface area contributed by atoms with Gasteiger partial charge in [0.1, 0.15) is 0 Å². The van der Waals surface area contributed by atoms with Crippen LogP contribution in [0.3, 0.4) is 0 Å². The summed E-state index contributed by atoms with van der Waals surface area (Å²) in [6.07, 6.45) is 3.02. The number of likely N-dealkylation sites (tertiary alicyclic amines) is 1. The number of likely N-dealkylation sites (N-methyl/N-ethyl adjacent to an activating group) is 1. The lowest BCUT2D eigenvalue weighted by molar-refractivity contribution is -0.141. The number of methoxy groups -OCH3 is 1. The molecule has 4 heteroatoms. The summed E-state index contributed by atoms with van der Waals surface area (Å²) in [5.74, 6) is -0.140. The molecule has 0 radical (unpaired) electrons. The number of hydrogen-bond acceptors (Lipinski definition) is 4. The Morgan fingerprint density at radius 2 is 2.38 bits per heavy atom. The van der Waals surface area contributed by atoms with E-state index in [1.807, 2.05) is 6.92 Å². The van der Waals surface area contributed by atoms with Crippen LogP contribution >= 0.6 is 0 Å². The first kappa shape index (κ1) is 13.5. The Bertz CT molecular complexity index is 221. The molecule has 1 rings (SSSR count). The maximum absolute atomic E-state index is 11.1. The van der Waals surface area contributed by atoms with Gasteiger partial charge in [-0.15, -0.1) is 0 Å². The number of hydrogen-bond donors (Lipinski definition) is 1. The Kier molecular flexibility index (Phi) is 5.77. The van der Waals surface area contributed by atoms with Gasteiger partial charge in [0.15, 0.2) is 0 Å². The van der Waals surface area contributed by atoms with Crippen molar-refractivity contribution in [3.8, 4) is 0 Å². The monoisotopic (exact) mass is 228 g/mol. The average molecular weight is 228 g/mol. The Labute approximate surface area is 98.3 Å². The van der Waals surface area contributed by atoms with Gasteiger partial charge in [-0.05, 0) is 32.9 Å². The summed E-state index contributed by atoms with van der Waals surface area (Å²) in [5, 5.41) is 3.41. The van der Waals surface area contributed by atoms with Crippen LogP contribution in [0.1, 0.15) is 33.1 Å². The molecule has 0 saturated carbocycles. The molecule has 0 aromatic heterocycles. The maximum atomic E-state index is 11.1. The summed E-state index contributed by atoms with van der Waals surface area (Å²) >= 11 is 0. The van der Waals surface area contributed by atoms with Crippen LogP contribution in [0.4, 0.5) is 0 Å². The van der Waals surface area contributed by atoms with Crippen LogP contribution in [0.5, 0.6) is 0 Å². The summed E-state index contributed by atoms with van der Waals surface area (Å²) in [6, 6.07) is 0.844. The zero-order chi connectivity index (χ0) is 12.0. The fraction of sp³-hybridized carbons (Fsp3) is 0.917. The van der Waals surface area contributed by atoms with Crippen molar-refractivity contribution >= 4 is 5.97 Å². The standard InChI is InChI=1S/C12H24N2O2/c1-4-14-7-5-6-11(14)9-13-10(2)8-12(15)16-3/h10-11,13H,4-9H2,1-3H3. The molecule has 94 valence electrons. The van der Waals surface area contributed by atoms with E-state index in [1.165, 1.54) is 26.5 Å². The van der Waals surface area contributed by atoms with Gasteiger partial charge in [0.05, 0.1) is 13.5 Å². The van der Waals surface area contributed by atoms with Crippen molar-refractivity contribution in [2.75, 3.05) is 26.7 Å². The number of esters is 1. The molecule has 1 N–H and O–H groups in total. The lowest BCUT2D eigenvalue weighted by Gasteiger charge is -2.24. The minimum atomic E-state index is -0.140. The normalized spacial score (nSPS) is 23.3. The smallest absolute Gasteiger partial charge is 0.307 e. The van der Waals surface area contributed by atoms with E-state index in [2.05, 4.69) is 21.9 Å². The lowest BCUT2D eigenvalue weighted by Crippen LogP contribution is -2.41. The second-order valence-electron chi connectivity index (χ2n) is 4.51. The van der Waals surface area contributed by atoms with Crippen LogP contribution in [0, 0.1) is 0 Å². The zero-order valence-electron chi connectivity index (χ0n) is 10.7. The molecule has 1 aliphatic heterocycles. The first-order valence-corrected chi connectivity index (χ1v) is 6.21. The minimum Gasteiger partial charge on any atom is -0.469 e. The number of nitrogens with zero attached hydrogens (tertiary/aromatic N) is 1. The molecular formula is C12H24N2O2. The van der Waals surface area contributed by atoms with Gasteiger partial charge in [-0.2, -0.15) is 0 Å². The number of ether oxygens (including phenoxy) is 1. The van der Waals surface area contributed by atoms with Gasteiger partial charge >= 0.3 is 5.97 Å². The molecule has 0 bridgehead atoms. The highest BCUT2D eigenvalue weighted by molar-refractivity contribution is 5.69. The molecule has 0 aromatic rings. The highest BCUT2D eigenvalue weighted by atomic mass is 16.5. The summed E-state index contributed by atoms with van der Waals surface area (Å²) in [4.78, 5) is 13.6. The summed E-state index contributed by atoms with van der Waals surface area (Å²) < 4.78 is 4.65. The van der Waals surface area contributed by atoms with Crippen molar-refractivity contribution in [3.05, 3.63) is 0 Å². The van der Waals surface area contributed by atoms with Gasteiger partial charge in [0.2, 0.25) is 0 Å². The molecule has 0 aromatic carbocycles. The molecular weight excluding hydrogens is 204 g/mol. The van der Waals surface area contributed by atoms with Crippen molar-refractivity contribution in [1.82, 2.24) is 10.2 Å². The Morgan fingerprint density at radius 3 is 3.00 bits per heavy atom. The number of rotatable bonds is 6. The van der Waals surface area contributed by atoms with E-state index in [-0.39, 0.29) is 12.0 Å². The van der Waals surface area contributed by atoms with Gasteiger partial charge in [0, 0.05) is 18.6 Å². The van der Waals surface area contributed by atoms with E-state index in [0.29, 0.717) is 12.5 Å². The largest absolute Gasteiger partial charge is 0.469 e. The summed E-state index contributed by atoms with van der Waals surface area (Å²) in [7, 11) is 1.44. The average Bonchev–Trinajstić information content (AvgIpc) is 2.73. The minimum absolute atomic E-state index is 0.140. The molecule has 2 atom stereocenters. The van der Waals surface area contributed by atoms with Gasteiger partial charge < -0.3 is 10.1 Å². The summed E-state index contributed by atoms with van der Waals surface area (Å²) in [6.45, 7) is 7.55. The van der Waals surface area contributed by atoms with Gasteiger partial charge in [-0.1, -0.05) is 6.92 Å². The van der Waals surface area contributed by atoms with Crippen LogP contribution in [0.25, 0.3) is 0 Å². The van der Waals surface area contributed by atoms with Gasteiger partial charge in [-0.25, -0.2) is 0 Å². The molecule has 16 heavy (non-hydrogen) atoms. The molecule has 1 heterocycles. The van der Waals surface area contributed by atoms with Crippen molar-refractivity contribution in [3.63, 3.8) is 0 Å². The van der Waals surface area contributed by atoms with Crippen LogP contribution in [0.15, 0.2) is 0 Å². The van der Waals surface area contributed by atoms with E-state index in [9.17, 15) is 4.79 Å². The van der Waals surface area contributed by atoms with Gasteiger partial charge in [0.25, 0.3) is 0 Å². The second kappa shape index (κ2) is 6.86. The van der Waals surface area contributed by atoms with Crippen LogP contribution < -0.4 is 5.32 Å². The van der Waals surface area contributed by atoms with Gasteiger partial charge in [-0.3, -0.25) is 9.69 Å².